The van der Waals surface area contributed by atoms with E-state index in [4.69, 9.17) is 4.98 Å². The molecule has 0 unspecified atom stereocenters. The lowest BCUT2D eigenvalue weighted by Gasteiger charge is -2.17. The van der Waals surface area contributed by atoms with Crippen LogP contribution in [0.5, 0.6) is 0 Å². The maximum Gasteiger partial charge on any atom is 0.260 e. The van der Waals surface area contributed by atoms with Crippen LogP contribution in [0.2, 0.25) is 0 Å². The van der Waals surface area contributed by atoms with E-state index in [2.05, 4.69) is 96.8 Å². The highest BCUT2D eigenvalue weighted by Gasteiger charge is 2.29. The summed E-state index contributed by atoms with van der Waals surface area (Å²) >= 11 is 0. The lowest BCUT2D eigenvalue weighted by Crippen LogP contribution is -2.21. The Bertz CT molecular complexity index is 1210. The number of hydrogen-bond donors (Lipinski definition) is 0. The van der Waals surface area contributed by atoms with Crippen molar-refractivity contribution in [2.45, 2.75) is 13.8 Å². The van der Waals surface area contributed by atoms with Crippen LogP contribution in [0.25, 0.3) is 33.5 Å². The number of hydrogen-bond acceptors (Lipinski definition) is 1. The van der Waals surface area contributed by atoms with E-state index in [0.29, 0.717) is 0 Å². The molecule has 0 spiro atoms. The summed E-state index contributed by atoms with van der Waals surface area (Å²) in [6.45, 7) is 4.32. The summed E-state index contributed by atoms with van der Waals surface area (Å²) in [5.74, 6) is 2.16. The maximum absolute atomic E-state index is 5.03. The van der Waals surface area contributed by atoms with Crippen molar-refractivity contribution in [1.82, 2.24) is 9.55 Å². The van der Waals surface area contributed by atoms with E-state index in [1.807, 2.05) is 0 Å². The molecule has 1 aliphatic rings. The van der Waals surface area contributed by atoms with Gasteiger partial charge in [-0.15, -0.1) is 0 Å². The van der Waals surface area contributed by atoms with Crippen molar-refractivity contribution in [3.63, 3.8) is 0 Å². The highest BCUT2D eigenvalue weighted by Crippen LogP contribution is 2.39. The third kappa shape index (κ3) is 1.94. The van der Waals surface area contributed by atoms with Crippen LogP contribution < -0.4 is 0 Å². The molecule has 1 aliphatic heterocycles. The molecule has 26 heavy (non-hydrogen) atoms. The van der Waals surface area contributed by atoms with Gasteiger partial charge in [-0.25, -0.2) is 9.56 Å². The van der Waals surface area contributed by atoms with E-state index in [1.165, 1.54) is 33.5 Å². The fourth-order valence-electron chi connectivity index (χ4n) is 4.02. The van der Waals surface area contributed by atoms with Crippen molar-refractivity contribution in [3.05, 3.63) is 72.3 Å². The smallest absolute Gasteiger partial charge is 0.233 e. The monoisotopic (exact) mass is 338 g/mol. The highest BCUT2D eigenvalue weighted by molar-refractivity contribution is 6.00. The van der Waals surface area contributed by atoms with E-state index in [0.717, 1.165) is 17.2 Å². The molecule has 3 aromatic carbocycles. The van der Waals surface area contributed by atoms with E-state index in [1.54, 1.807) is 0 Å². The van der Waals surface area contributed by atoms with Crippen molar-refractivity contribution in [1.29, 1.82) is 0 Å². The predicted molar refractivity (Wildman–Crippen MR) is 107 cm³/mol. The maximum atomic E-state index is 5.03. The molecule has 126 valence electrons. The van der Waals surface area contributed by atoms with Gasteiger partial charge < -0.3 is 0 Å². The SMILES string of the molecule is CC1=[N+](C)c2ccccc2-c2ccccc2-c2nc3cccc(C)c3n21. The molecular formula is C23H20N3+. The molecule has 0 amide bonds. The number of imidazole rings is 1. The van der Waals surface area contributed by atoms with Gasteiger partial charge in [-0.3, -0.25) is 0 Å². The van der Waals surface area contributed by atoms with Crippen LogP contribution >= 0.6 is 0 Å². The lowest BCUT2D eigenvalue weighted by molar-refractivity contribution is -0.407. The van der Waals surface area contributed by atoms with E-state index >= 15 is 0 Å². The second-order valence-electron chi connectivity index (χ2n) is 6.88. The molecule has 0 atom stereocenters. The third-order valence-electron chi connectivity index (χ3n) is 5.41. The van der Waals surface area contributed by atoms with Crippen molar-refractivity contribution in [2.24, 2.45) is 0 Å². The Kier molecular flexibility index (Phi) is 3.13. The van der Waals surface area contributed by atoms with E-state index < -0.39 is 0 Å². The first kappa shape index (κ1) is 15.1. The molecule has 0 fully saturated rings. The van der Waals surface area contributed by atoms with Crippen LogP contribution in [-0.4, -0.2) is 27.0 Å². The van der Waals surface area contributed by atoms with Crippen molar-refractivity contribution in [2.75, 3.05) is 7.05 Å². The average molecular weight is 338 g/mol. The van der Waals surface area contributed by atoms with Gasteiger partial charge in [0.1, 0.15) is 11.2 Å². The van der Waals surface area contributed by atoms with Crippen molar-refractivity contribution in [3.8, 4) is 22.5 Å². The summed E-state index contributed by atoms with van der Waals surface area (Å²) in [5, 5.41) is 0. The van der Waals surface area contributed by atoms with Crippen LogP contribution in [0.1, 0.15) is 12.5 Å². The standard InChI is InChI=1S/C23H20N3/c1-15-9-8-13-20-22(15)26-16(2)25(3)21-14-7-6-11-18(21)17-10-4-5-12-19(17)23(26)24-20/h4-14H,1-3H3/q+1. The quantitative estimate of drug-likeness (QED) is 0.402. The molecular weight excluding hydrogens is 318 g/mol. The van der Waals surface area contributed by atoms with Crippen molar-refractivity contribution >= 4 is 22.6 Å². The predicted octanol–water partition coefficient (Wildman–Crippen LogP) is 5.23. The highest BCUT2D eigenvalue weighted by atomic mass is 15.2. The first-order chi connectivity index (χ1) is 12.7. The summed E-state index contributed by atoms with van der Waals surface area (Å²) in [6, 6.07) is 23.5. The van der Waals surface area contributed by atoms with Gasteiger partial charge in [0.2, 0.25) is 5.82 Å². The lowest BCUT2D eigenvalue weighted by atomic mass is 9.96. The van der Waals surface area contributed by atoms with Crippen molar-refractivity contribution < 1.29 is 4.58 Å². The fourth-order valence-corrected chi connectivity index (χ4v) is 4.02. The molecule has 4 aromatic rings. The topological polar surface area (TPSA) is 20.8 Å². The Balaban J connectivity index is 2.04. The van der Waals surface area contributed by atoms with Gasteiger partial charge in [0.05, 0.1) is 7.05 Å². The number of fused-ring (bicyclic) bond motifs is 7. The van der Waals surface area contributed by atoms with Crippen LogP contribution in [0.3, 0.4) is 0 Å². The van der Waals surface area contributed by atoms with Gasteiger partial charge in [-0.1, -0.05) is 48.5 Å². The Morgan fingerprint density at radius 1 is 0.769 bits per heavy atom. The minimum absolute atomic E-state index is 1.00. The molecule has 0 radical (unpaired) electrons. The number of aryl methyl sites for hydroxylation is 1. The third-order valence-corrected chi connectivity index (χ3v) is 5.41. The minimum atomic E-state index is 1.00. The second kappa shape index (κ2) is 5.40. The molecule has 2 heterocycles. The second-order valence-corrected chi connectivity index (χ2v) is 6.88. The summed E-state index contributed by atoms with van der Waals surface area (Å²) < 4.78 is 4.57. The van der Waals surface area contributed by atoms with Gasteiger partial charge >= 0.3 is 0 Å². The molecule has 5 rings (SSSR count). The largest absolute Gasteiger partial charge is 0.260 e. The summed E-state index contributed by atoms with van der Waals surface area (Å²) in [7, 11) is 2.13. The zero-order valence-electron chi connectivity index (χ0n) is 15.2. The first-order valence-electron chi connectivity index (χ1n) is 8.91. The van der Waals surface area contributed by atoms with Gasteiger partial charge in [-0.2, -0.15) is 4.57 Å². The number of benzene rings is 3. The molecule has 0 N–H and O–H groups in total. The van der Waals surface area contributed by atoms with Gasteiger partial charge in [0.15, 0.2) is 5.52 Å². The number of para-hydroxylation sites is 2. The molecule has 0 saturated carbocycles. The first-order valence-corrected chi connectivity index (χ1v) is 8.91. The number of rotatable bonds is 0. The molecule has 1 aromatic heterocycles. The van der Waals surface area contributed by atoms with Gasteiger partial charge in [-0.05, 0) is 36.2 Å². The number of nitrogens with zero attached hydrogens (tertiary/aromatic N) is 3. The Morgan fingerprint density at radius 2 is 1.46 bits per heavy atom. The van der Waals surface area contributed by atoms with Crippen LogP contribution in [0.4, 0.5) is 5.69 Å². The summed E-state index contributed by atoms with van der Waals surface area (Å²) in [5.41, 5.74) is 8.29. The fraction of sp³-hybridized carbons (Fsp3) is 0.130. The van der Waals surface area contributed by atoms with Crippen LogP contribution in [-0.2, 0) is 0 Å². The van der Waals surface area contributed by atoms with Gasteiger partial charge in [0.25, 0.3) is 5.84 Å². The number of aromatic nitrogens is 2. The summed E-state index contributed by atoms with van der Waals surface area (Å²) in [6.07, 6.45) is 0. The zero-order chi connectivity index (χ0) is 17.8. The molecule has 3 heteroatoms. The van der Waals surface area contributed by atoms with Crippen LogP contribution in [0.15, 0.2) is 66.7 Å². The Morgan fingerprint density at radius 3 is 2.27 bits per heavy atom. The summed E-state index contributed by atoms with van der Waals surface area (Å²) in [4.78, 5) is 5.03. The van der Waals surface area contributed by atoms with Gasteiger partial charge in [0, 0.05) is 18.1 Å². The Hall–Kier alpha value is -3.20. The molecule has 3 nitrogen and oxygen atoms in total. The zero-order valence-corrected chi connectivity index (χ0v) is 15.2. The van der Waals surface area contributed by atoms with Crippen LogP contribution in [0, 0.1) is 6.92 Å². The minimum Gasteiger partial charge on any atom is -0.233 e. The Labute approximate surface area is 152 Å². The van der Waals surface area contributed by atoms with E-state index in [9.17, 15) is 0 Å². The molecule has 0 bridgehead atoms. The average Bonchev–Trinajstić information content (AvgIpc) is 3.07. The molecule has 0 aliphatic carbocycles. The van der Waals surface area contributed by atoms with E-state index in [-0.39, 0.29) is 0 Å². The normalized spacial score (nSPS) is 13.0. The molecule has 0 saturated heterocycles.